The van der Waals surface area contributed by atoms with Gasteiger partial charge in [0, 0.05) is 30.6 Å². The molecule has 33 heavy (non-hydrogen) atoms. The molecule has 0 spiro atoms. The summed E-state index contributed by atoms with van der Waals surface area (Å²) in [6, 6.07) is 13.3. The van der Waals surface area contributed by atoms with Crippen LogP contribution in [0.4, 0.5) is 5.69 Å². The number of esters is 1. The second kappa shape index (κ2) is 10.6. The molecule has 0 unspecified atom stereocenters. The van der Waals surface area contributed by atoms with Gasteiger partial charge in [0.1, 0.15) is 0 Å². The topological polar surface area (TPSA) is 91.5 Å². The molecule has 1 aromatic heterocycles. The standard InChI is InChI=1S/C25H28N2O6/c1-16-22(25(29)33-5)19(24(28)27(16)12-11-17-9-7-6-8-10-17)15-26-18-13-20(30-2)23(32-4)21(14-18)31-3/h6-10,13-15,28H,11-12H2,1-5H3. The molecule has 0 atom stereocenters. The predicted octanol–water partition coefficient (Wildman–Crippen LogP) is 4.31. The highest BCUT2D eigenvalue weighted by atomic mass is 16.5. The lowest BCUT2D eigenvalue weighted by atomic mass is 10.1. The monoisotopic (exact) mass is 452 g/mol. The van der Waals surface area contributed by atoms with E-state index in [1.807, 2.05) is 30.3 Å². The SMILES string of the molecule is COC(=O)c1c(C=Nc2cc(OC)c(OC)c(OC)c2)c(O)n(CCc2ccccc2)c1C. The molecule has 0 fully saturated rings. The smallest absolute Gasteiger partial charge is 0.340 e. The summed E-state index contributed by atoms with van der Waals surface area (Å²) in [6.07, 6.45) is 2.13. The largest absolute Gasteiger partial charge is 0.494 e. The van der Waals surface area contributed by atoms with E-state index in [0.29, 0.717) is 41.6 Å². The van der Waals surface area contributed by atoms with E-state index < -0.39 is 5.97 Å². The summed E-state index contributed by atoms with van der Waals surface area (Å²) in [5.74, 6) is 0.726. The molecule has 1 heterocycles. The van der Waals surface area contributed by atoms with Crippen molar-refractivity contribution in [2.24, 2.45) is 4.99 Å². The predicted molar refractivity (Wildman–Crippen MR) is 126 cm³/mol. The molecule has 0 saturated heterocycles. The number of nitrogens with zero attached hydrogens (tertiary/aromatic N) is 2. The first-order valence-corrected chi connectivity index (χ1v) is 10.3. The van der Waals surface area contributed by atoms with Crippen LogP contribution in [0.2, 0.25) is 0 Å². The van der Waals surface area contributed by atoms with E-state index in [4.69, 9.17) is 18.9 Å². The van der Waals surface area contributed by atoms with E-state index in [0.717, 1.165) is 5.56 Å². The quantitative estimate of drug-likeness (QED) is 0.384. The Labute approximate surface area is 193 Å². The molecule has 0 radical (unpaired) electrons. The number of aromatic nitrogens is 1. The molecular weight excluding hydrogens is 424 g/mol. The molecule has 3 rings (SSSR count). The van der Waals surface area contributed by atoms with Crippen LogP contribution in [-0.4, -0.2) is 50.3 Å². The van der Waals surface area contributed by atoms with Gasteiger partial charge >= 0.3 is 5.97 Å². The fourth-order valence-electron chi connectivity index (χ4n) is 3.67. The minimum absolute atomic E-state index is 0.0555. The summed E-state index contributed by atoms with van der Waals surface area (Å²) >= 11 is 0. The van der Waals surface area contributed by atoms with Gasteiger partial charge in [0.05, 0.1) is 45.3 Å². The molecule has 2 aromatic carbocycles. The van der Waals surface area contributed by atoms with Gasteiger partial charge in [-0.2, -0.15) is 0 Å². The van der Waals surface area contributed by atoms with Crippen LogP contribution in [0.15, 0.2) is 47.5 Å². The number of ether oxygens (including phenoxy) is 4. The van der Waals surface area contributed by atoms with Gasteiger partial charge in [-0.05, 0) is 18.9 Å². The minimum Gasteiger partial charge on any atom is -0.494 e. The van der Waals surface area contributed by atoms with Crippen molar-refractivity contribution in [3.05, 3.63) is 64.8 Å². The van der Waals surface area contributed by atoms with Crippen LogP contribution in [0.1, 0.15) is 27.2 Å². The molecule has 8 nitrogen and oxygen atoms in total. The zero-order chi connectivity index (χ0) is 24.0. The summed E-state index contributed by atoms with van der Waals surface area (Å²) in [7, 11) is 5.86. The Morgan fingerprint density at radius 1 is 1.03 bits per heavy atom. The summed E-state index contributed by atoms with van der Waals surface area (Å²) in [4.78, 5) is 17.0. The van der Waals surface area contributed by atoms with Crippen molar-refractivity contribution in [1.82, 2.24) is 4.57 Å². The maximum Gasteiger partial charge on any atom is 0.340 e. The average molecular weight is 453 g/mol. The Bertz CT molecular complexity index is 1130. The van der Waals surface area contributed by atoms with Crippen LogP contribution in [0, 0.1) is 6.92 Å². The molecule has 0 aliphatic carbocycles. The molecule has 0 saturated carbocycles. The lowest BCUT2D eigenvalue weighted by Gasteiger charge is -2.12. The second-order valence-electron chi connectivity index (χ2n) is 7.22. The van der Waals surface area contributed by atoms with Gasteiger partial charge in [0.2, 0.25) is 11.6 Å². The third-order valence-electron chi connectivity index (χ3n) is 5.38. The van der Waals surface area contributed by atoms with Gasteiger partial charge in [0.25, 0.3) is 0 Å². The van der Waals surface area contributed by atoms with Crippen molar-refractivity contribution >= 4 is 17.9 Å². The van der Waals surface area contributed by atoms with Gasteiger partial charge in [-0.15, -0.1) is 0 Å². The Morgan fingerprint density at radius 3 is 2.21 bits per heavy atom. The van der Waals surface area contributed by atoms with Crippen molar-refractivity contribution in [1.29, 1.82) is 0 Å². The number of carbonyl (C=O) groups is 1. The van der Waals surface area contributed by atoms with Crippen molar-refractivity contribution in [2.75, 3.05) is 28.4 Å². The zero-order valence-electron chi connectivity index (χ0n) is 19.4. The number of aryl methyl sites for hydroxylation is 1. The highest BCUT2D eigenvalue weighted by Crippen LogP contribution is 2.41. The van der Waals surface area contributed by atoms with E-state index >= 15 is 0 Å². The highest BCUT2D eigenvalue weighted by molar-refractivity contribution is 6.03. The van der Waals surface area contributed by atoms with E-state index in [-0.39, 0.29) is 17.0 Å². The van der Waals surface area contributed by atoms with Crippen LogP contribution in [-0.2, 0) is 17.7 Å². The number of hydrogen-bond donors (Lipinski definition) is 1. The third-order valence-corrected chi connectivity index (χ3v) is 5.38. The fourth-order valence-corrected chi connectivity index (χ4v) is 3.67. The summed E-state index contributed by atoms with van der Waals surface area (Å²) < 4.78 is 22.7. The number of rotatable bonds is 9. The molecule has 0 bridgehead atoms. The van der Waals surface area contributed by atoms with Crippen LogP contribution >= 0.6 is 0 Å². The van der Waals surface area contributed by atoms with Gasteiger partial charge in [-0.25, -0.2) is 4.79 Å². The number of benzene rings is 2. The van der Waals surface area contributed by atoms with Gasteiger partial charge in [-0.3, -0.25) is 4.99 Å². The van der Waals surface area contributed by atoms with Gasteiger partial charge in [0.15, 0.2) is 11.5 Å². The number of carbonyl (C=O) groups excluding carboxylic acids is 1. The van der Waals surface area contributed by atoms with Crippen LogP contribution in [0.3, 0.4) is 0 Å². The first kappa shape index (κ1) is 23.7. The van der Waals surface area contributed by atoms with E-state index in [2.05, 4.69) is 4.99 Å². The average Bonchev–Trinajstić information content (AvgIpc) is 3.09. The maximum atomic E-state index is 12.5. The molecule has 3 aromatic rings. The summed E-state index contributed by atoms with van der Waals surface area (Å²) in [6.45, 7) is 2.26. The third kappa shape index (κ3) is 4.95. The second-order valence-corrected chi connectivity index (χ2v) is 7.22. The van der Waals surface area contributed by atoms with E-state index in [9.17, 15) is 9.90 Å². The van der Waals surface area contributed by atoms with Gasteiger partial charge in [-0.1, -0.05) is 30.3 Å². The van der Waals surface area contributed by atoms with Crippen LogP contribution in [0.5, 0.6) is 23.1 Å². The fraction of sp³-hybridized carbons (Fsp3) is 0.280. The van der Waals surface area contributed by atoms with Gasteiger partial charge < -0.3 is 28.6 Å². The van der Waals surface area contributed by atoms with Crippen molar-refractivity contribution in [2.45, 2.75) is 19.9 Å². The Morgan fingerprint density at radius 2 is 1.67 bits per heavy atom. The lowest BCUT2D eigenvalue weighted by molar-refractivity contribution is 0.0599. The number of methoxy groups -OCH3 is 4. The van der Waals surface area contributed by atoms with Crippen molar-refractivity contribution in [3.63, 3.8) is 0 Å². The Hall–Kier alpha value is -3.94. The zero-order valence-corrected chi connectivity index (χ0v) is 19.4. The molecule has 0 aliphatic rings. The highest BCUT2D eigenvalue weighted by Gasteiger charge is 2.25. The number of aliphatic imine (C=N–C) groups is 1. The number of aromatic hydroxyl groups is 1. The molecule has 1 N–H and O–H groups in total. The molecule has 174 valence electrons. The maximum absolute atomic E-state index is 12.5. The Balaban J connectivity index is 2.01. The van der Waals surface area contributed by atoms with E-state index in [1.54, 1.807) is 23.6 Å². The molecule has 8 heteroatoms. The first-order valence-electron chi connectivity index (χ1n) is 10.3. The summed E-state index contributed by atoms with van der Waals surface area (Å²) in [5, 5.41) is 11.0. The molecular formula is C25H28N2O6. The Kier molecular flexibility index (Phi) is 7.61. The van der Waals surface area contributed by atoms with Crippen molar-refractivity contribution in [3.8, 4) is 23.1 Å². The lowest BCUT2D eigenvalue weighted by Crippen LogP contribution is -2.07. The first-order chi connectivity index (χ1) is 15.9. The minimum atomic E-state index is -0.549. The van der Waals surface area contributed by atoms with Crippen LogP contribution in [0.25, 0.3) is 0 Å². The van der Waals surface area contributed by atoms with E-state index in [1.165, 1.54) is 34.7 Å². The molecule has 0 amide bonds. The normalized spacial score (nSPS) is 10.9. The number of hydrogen-bond acceptors (Lipinski definition) is 7. The van der Waals surface area contributed by atoms with Crippen LogP contribution < -0.4 is 14.2 Å². The molecule has 0 aliphatic heterocycles. The van der Waals surface area contributed by atoms with Crippen molar-refractivity contribution < 1.29 is 28.8 Å². The summed E-state index contributed by atoms with van der Waals surface area (Å²) in [5.41, 5.74) is 2.76.